The Morgan fingerprint density at radius 3 is 2.62 bits per heavy atom. The number of aryl methyl sites for hydroxylation is 1. The van der Waals surface area contributed by atoms with Crippen molar-refractivity contribution in [3.8, 4) is 0 Å². The molecule has 0 saturated heterocycles. The number of H-pyrrole nitrogens is 1. The molecule has 2 heterocycles. The number of thioether (sulfide) groups is 1. The van der Waals surface area contributed by atoms with Gasteiger partial charge < -0.3 is 26.3 Å². The number of carbonyl (C=O) groups excluding carboxylic acids is 3. The van der Waals surface area contributed by atoms with E-state index in [0.717, 1.165) is 11.3 Å². The molecule has 2 aromatic heterocycles. The zero-order chi connectivity index (χ0) is 25.1. The first-order valence-corrected chi connectivity index (χ1v) is 12.5. The third kappa shape index (κ3) is 8.37. The Morgan fingerprint density at radius 2 is 1.94 bits per heavy atom. The van der Waals surface area contributed by atoms with Crippen molar-refractivity contribution in [2.75, 3.05) is 30.4 Å². The van der Waals surface area contributed by atoms with Gasteiger partial charge in [0.1, 0.15) is 16.8 Å². The average Bonchev–Trinajstić information content (AvgIpc) is 3.24. The van der Waals surface area contributed by atoms with Gasteiger partial charge >= 0.3 is 11.9 Å². The topological polar surface area (TPSA) is 179 Å². The fraction of sp³-hybridized carbons (Fsp3) is 0.476. The van der Waals surface area contributed by atoms with Gasteiger partial charge in [-0.15, -0.1) is 23.1 Å². The van der Waals surface area contributed by atoms with Crippen LogP contribution in [0.15, 0.2) is 21.8 Å². The van der Waals surface area contributed by atoms with Gasteiger partial charge in [-0.25, -0.2) is 4.79 Å². The lowest BCUT2D eigenvalue weighted by atomic mass is 10.1. The van der Waals surface area contributed by atoms with E-state index in [-0.39, 0.29) is 43.4 Å². The summed E-state index contributed by atoms with van der Waals surface area (Å²) in [5.74, 6) is -0.763. The van der Waals surface area contributed by atoms with Gasteiger partial charge in [0, 0.05) is 11.3 Å². The highest BCUT2D eigenvalue weighted by Crippen LogP contribution is 2.23. The van der Waals surface area contributed by atoms with E-state index < -0.39 is 23.9 Å². The van der Waals surface area contributed by atoms with Crippen LogP contribution in [0, 0.1) is 0 Å². The van der Waals surface area contributed by atoms with E-state index in [1.54, 1.807) is 19.9 Å². The summed E-state index contributed by atoms with van der Waals surface area (Å²) in [5, 5.41) is 2.65. The Hall–Kier alpha value is -3.06. The predicted molar refractivity (Wildman–Crippen MR) is 131 cm³/mol. The van der Waals surface area contributed by atoms with E-state index in [0.29, 0.717) is 21.9 Å². The molecule has 0 bridgehead atoms. The van der Waals surface area contributed by atoms with Crippen molar-refractivity contribution in [2.24, 2.45) is 0 Å². The van der Waals surface area contributed by atoms with Crippen LogP contribution < -0.4 is 22.3 Å². The minimum absolute atomic E-state index is 0.0121. The summed E-state index contributed by atoms with van der Waals surface area (Å²) in [6, 6.07) is 2.58. The third-order valence-electron chi connectivity index (χ3n) is 4.44. The van der Waals surface area contributed by atoms with Gasteiger partial charge in [0.2, 0.25) is 5.95 Å². The molecule has 2 aromatic rings. The van der Waals surface area contributed by atoms with E-state index in [4.69, 9.17) is 20.9 Å². The first-order chi connectivity index (χ1) is 16.2. The lowest BCUT2D eigenvalue weighted by Crippen LogP contribution is -2.42. The molecule has 0 saturated carbocycles. The Balaban J connectivity index is 1.89. The van der Waals surface area contributed by atoms with Crippen molar-refractivity contribution in [3.05, 3.63) is 32.2 Å². The smallest absolute Gasteiger partial charge is 0.328 e. The highest BCUT2D eigenvalue weighted by Gasteiger charge is 2.24. The summed E-state index contributed by atoms with van der Waals surface area (Å²) in [6.07, 6.45) is 1.50. The SMILES string of the molecule is CCOC(=O)CC[C@H](NC(=O)c1ccc(CCCSc2c(N)nc(N)[nH]c2=O)s1)C(=O)OCC. The maximum Gasteiger partial charge on any atom is 0.328 e. The standard InChI is InChI=1S/C21H29N5O6S2/c1-3-31-15(27)10-8-13(20(30)32-4-2)24-18(28)14-9-7-12(34-14)6-5-11-33-16-17(22)25-21(23)26-19(16)29/h7,9,13H,3-6,8,10-11H2,1-2H3,(H,24,28)(H5,22,23,25,26,29)/t13-/m0/s1. The summed E-state index contributed by atoms with van der Waals surface area (Å²) in [6.45, 7) is 3.77. The van der Waals surface area contributed by atoms with E-state index in [2.05, 4.69) is 15.3 Å². The molecule has 6 N–H and O–H groups in total. The normalized spacial score (nSPS) is 11.6. The van der Waals surface area contributed by atoms with Crippen molar-refractivity contribution in [2.45, 2.75) is 50.5 Å². The van der Waals surface area contributed by atoms with Gasteiger partial charge in [-0.05, 0) is 51.0 Å². The number of aromatic nitrogens is 2. The van der Waals surface area contributed by atoms with E-state index in [1.807, 2.05) is 6.07 Å². The second-order valence-corrected chi connectivity index (χ2v) is 9.28. The molecule has 34 heavy (non-hydrogen) atoms. The number of thiophene rings is 1. The third-order valence-corrected chi connectivity index (χ3v) is 6.76. The van der Waals surface area contributed by atoms with Crippen LogP contribution in [-0.2, 0) is 25.5 Å². The molecule has 11 nitrogen and oxygen atoms in total. The van der Waals surface area contributed by atoms with Gasteiger partial charge in [0.15, 0.2) is 0 Å². The van der Waals surface area contributed by atoms with Crippen LogP contribution in [-0.4, -0.2) is 52.8 Å². The minimum atomic E-state index is -0.948. The fourth-order valence-corrected chi connectivity index (χ4v) is 4.73. The molecule has 2 rings (SSSR count). The first-order valence-electron chi connectivity index (χ1n) is 10.7. The van der Waals surface area contributed by atoms with E-state index in [9.17, 15) is 19.2 Å². The minimum Gasteiger partial charge on any atom is -0.466 e. The molecule has 13 heteroatoms. The number of amides is 1. The molecule has 1 amide bonds. The fourth-order valence-electron chi connectivity index (χ4n) is 2.91. The quantitative estimate of drug-likeness (QED) is 0.176. The van der Waals surface area contributed by atoms with Gasteiger partial charge in [-0.1, -0.05) is 0 Å². The van der Waals surface area contributed by atoms with Gasteiger partial charge in [-0.2, -0.15) is 4.98 Å². The highest BCUT2D eigenvalue weighted by molar-refractivity contribution is 7.99. The number of hydrogen-bond donors (Lipinski definition) is 4. The summed E-state index contributed by atoms with van der Waals surface area (Å²) >= 11 is 2.60. The number of rotatable bonds is 13. The summed E-state index contributed by atoms with van der Waals surface area (Å²) < 4.78 is 9.89. The van der Waals surface area contributed by atoms with E-state index >= 15 is 0 Å². The number of aromatic amines is 1. The average molecular weight is 512 g/mol. The number of carbonyl (C=O) groups is 3. The van der Waals surface area contributed by atoms with Crippen molar-refractivity contribution < 1.29 is 23.9 Å². The maximum atomic E-state index is 12.7. The molecule has 0 aliphatic heterocycles. The molecule has 0 aliphatic carbocycles. The second kappa shape index (κ2) is 13.6. The molecular formula is C21H29N5O6S2. The van der Waals surface area contributed by atoms with Gasteiger partial charge in [-0.3, -0.25) is 19.4 Å². The molecule has 1 atom stereocenters. The maximum absolute atomic E-state index is 12.7. The zero-order valence-corrected chi connectivity index (χ0v) is 20.7. The number of nitrogen functional groups attached to an aromatic ring is 2. The monoisotopic (exact) mass is 511 g/mol. The van der Waals surface area contributed by atoms with Crippen molar-refractivity contribution >= 4 is 52.7 Å². The summed E-state index contributed by atoms with van der Waals surface area (Å²) in [7, 11) is 0. The first kappa shape index (κ1) is 27.2. The van der Waals surface area contributed by atoms with Crippen LogP contribution in [0.2, 0.25) is 0 Å². The molecule has 0 aromatic carbocycles. The number of ether oxygens (including phenoxy) is 2. The number of hydrogen-bond acceptors (Lipinski definition) is 11. The molecule has 0 radical (unpaired) electrons. The van der Waals surface area contributed by atoms with Crippen LogP contribution in [0.1, 0.15) is 47.7 Å². The zero-order valence-electron chi connectivity index (χ0n) is 19.0. The number of nitrogens with zero attached hydrogens (tertiary/aromatic N) is 1. The Bertz CT molecular complexity index is 1050. The number of anilines is 2. The van der Waals surface area contributed by atoms with Crippen LogP contribution >= 0.6 is 23.1 Å². The molecule has 186 valence electrons. The largest absolute Gasteiger partial charge is 0.466 e. The Labute approximate surface area is 205 Å². The number of nitrogens with two attached hydrogens (primary N) is 2. The number of nitrogens with one attached hydrogen (secondary N) is 2. The van der Waals surface area contributed by atoms with Crippen LogP contribution in [0.3, 0.4) is 0 Å². The van der Waals surface area contributed by atoms with Crippen molar-refractivity contribution in [1.29, 1.82) is 0 Å². The van der Waals surface area contributed by atoms with E-state index in [1.165, 1.54) is 23.1 Å². The van der Waals surface area contributed by atoms with Gasteiger partial charge in [0.25, 0.3) is 11.5 Å². The lowest BCUT2D eigenvalue weighted by Gasteiger charge is -2.16. The highest BCUT2D eigenvalue weighted by atomic mass is 32.2. The van der Waals surface area contributed by atoms with Crippen molar-refractivity contribution in [3.63, 3.8) is 0 Å². The Morgan fingerprint density at radius 1 is 1.21 bits per heavy atom. The van der Waals surface area contributed by atoms with Crippen molar-refractivity contribution in [1.82, 2.24) is 15.3 Å². The molecule has 0 spiro atoms. The van der Waals surface area contributed by atoms with Crippen LogP contribution in [0.4, 0.5) is 11.8 Å². The van der Waals surface area contributed by atoms with Crippen LogP contribution in [0.5, 0.6) is 0 Å². The summed E-state index contributed by atoms with van der Waals surface area (Å²) in [5.41, 5.74) is 10.8. The predicted octanol–water partition coefficient (Wildman–Crippen LogP) is 1.73. The molecule has 0 fully saturated rings. The molecule has 0 aliphatic rings. The molecular weight excluding hydrogens is 482 g/mol. The van der Waals surface area contributed by atoms with Crippen LogP contribution in [0.25, 0.3) is 0 Å². The lowest BCUT2D eigenvalue weighted by molar-refractivity contribution is -0.146. The second-order valence-electron chi connectivity index (χ2n) is 7.01. The Kier molecular flexibility index (Phi) is 10.9. The summed E-state index contributed by atoms with van der Waals surface area (Å²) in [4.78, 5) is 56.4. The molecule has 0 unspecified atom stereocenters. The number of esters is 2. The van der Waals surface area contributed by atoms with Gasteiger partial charge in [0.05, 0.1) is 18.1 Å².